The Morgan fingerprint density at radius 3 is 2.43 bits per heavy atom. The summed E-state index contributed by atoms with van der Waals surface area (Å²) < 4.78 is 28.3. The summed E-state index contributed by atoms with van der Waals surface area (Å²) in [6.45, 7) is 0.576. The molecule has 0 fully saturated rings. The number of aryl methyl sites for hydroxylation is 1. The number of nitrogens with two attached hydrogens (primary N) is 1. The van der Waals surface area contributed by atoms with Gasteiger partial charge in [-0.3, -0.25) is 0 Å². The lowest BCUT2D eigenvalue weighted by molar-refractivity contribution is 0.311. The van der Waals surface area contributed by atoms with E-state index in [-0.39, 0.29) is 0 Å². The standard InChI is InChI=1S/C16H19NO3S/c1-21(18,19)16-9-7-15(8-10-16)20-11-3-5-13-4-2-6-14(17)12-13/h2,4,6-10,12H,3,5,11,17H2,1H3. The second-order valence-corrected chi connectivity index (χ2v) is 6.96. The molecule has 0 aliphatic heterocycles. The van der Waals surface area contributed by atoms with Crippen molar-refractivity contribution in [3.63, 3.8) is 0 Å². The quantitative estimate of drug-likeness (QED) is 0.658. The minimum atomic E-state index is -3.15. The van der Waals surface area contributed by atoms with E-state index in [1.54, 1.807) is 24.3 Å². The maximum Gasteiger partial charge on any atom is 0.175 e. The fourth-order valence-corrected chi connectivity index (χ4v) is 2.63. The summed E-state index contributed by atoms with van der Waals surface area (Å²) in [6.07, 6.45) is 2.96. The lowest BCUT2D eigenvalue weighted by atomic mass is 10.1. The smallest absolute Gasteiger partial charge is 0.175 e. The molecule has 0 heterocycles. The molecule has 0 saturated heterocycles. The van der Waals surface area contributed by atoms with Gasteiger partial charge in [-0.1, -0.05) is 12.1 Å². The van der Waals surface area contributed by atoms with Crippen LogP contribution < -0.4 is 10.5 Å². The van der Waals surface area contributed by atoms with Crippen LogP contribution in [0.5, 0.6) is 5.75 Å². The van der Waals surface area contributed by atoms with Crippen molar-refractivity contribution in [2.45, 2.75) is 17.7 Å². The summed E-state index contributed by atoms with van der Waals surface area (Å²) in [4.78, 5) is 0.301. The molecule has 5 heteroatoms. The number of anilines is 1. The molecule has 0 aliphatic rings. The third kappa shape index (κ3) is 4.79. The van der Waals surface area contributed by atoms with Crippen LogP contribution in [0, 0.1) is 0 Å². The van der Waals surface area contributed by atoms with Crippen molar-refractivity contribution >= 4 is 15.5 Å². The van der Waals surface area contributed by atoms with Crippen LogP contribution in [0.4, 0.5) is 5.69 Å². The molecule has 112 valence electrons. The maximum atomic E-state index is 11.3. The van der Waals surface area contributed by atoms with Gasteiger partial charge in [0.05, 0.1) is 11.5 Å². The van der Waals surface area contributed by atoms with Crippen molar-refractivity contribution in [2.75, 3.05) is 18.6 Å². The average molecular weight is 305 g/mol. The topological polar surface area (TPSA) is 69.4 Å². The summed E-state index contributed by atoms with van der Waals surface area (Å²) in [7, 11) is -3.15. The molecule has 0 aromatic heterocycles. The predicted octanol–water partition coefficient (Wildman–Crippen LogP) is 2.68. The Bertz CT molecular complexity index is 694. The molecule has 0 amide bonds. The van der Waals surface area contributed by atoms with Crippen LogP contribution in [0.2, 0.25) is 0 Å². The number of benzene rings is 2. The Balaban J connectivity index is 1.81. The molecule has 2 aromatic carbocycles. The normalized spacial score (nSPS) is 11.3. The summed E-state index contributed by atoms with van der Waals surface area (Å²) in [5, 5.41) is 0. The van der Waals surface area contributed by atoms with Gasteiger partial charge in [-0.2, -0.15) is 0 Å². The lowest BCUT2D eigenvalue weighted by Gasteiger charge is -2.07. The fourth-order valence-electron chi connectivity index (χ4n) is 2.00. The first-order valence-electron chi connectivity index (χ1n) is 6.72. The average Bonchev–Trinajstić information content (AvgIpc) is 2.43. The van der Waals surface area contributed by atoms with Crippen molar-refractivity contribution in [2.24, 2.45) is 0 Å². The lowest BCUT2D eigenvalue weighted by Crippen LogP contribution is -2.01. The number of sulfone groups is 1. The Hall–Kier alpha value is -2.01. The van der Waals surface area contributed by atoms with Crippen LogP contribution >= 0.6 is 0 Å². The molecule has 2 aromatic rings. The van der Waals surface area contributed by atoms with Crippen LogP contribution in [0.25, 0.3) is 0 Å². The van der Waals surface area contributed by atoms with Crippen molar-refractivity contribution in [1.29, 1.82) is 0 Å². The van der Waals surface area contributed by atoms with Gasteiger partial charge in [0.1, 0.15) is 5.75 Å². The van der Waals surface area contributed by atoms with Crippen molar-refractivity contribution < 1.29 is 13.2 Å². The first-order chi connectivity index (χ1) is 9.95. The van der Waals surface area contributed by atoms with Gasteiger partial charge in [0, 0.05) is 11.9 Å². The Morgan fingerprint density at radius 1 is 1.10 bits per heavy atom. The van der Waals surface area contributed by atoms with Crippen LogP contribution in [0.15, 0.2) is 53.4 Å². The molecule has 2 N–H and O–H groups in total. The number of rotatable bonds is 6. The highest BCUT2D eigenvalue weighted by Gasteiger charge is 2.06. The van der Waals surface area contributed by atoms with E-state index in [2.05, 4.69) is 0 Å². The first kappa shape index (κ1) is 15.4. The molecule has 0 radical (unpaired) electrons. The number of hydrogen-bond acceptors (Lipinski definition) is 4. The van der Waals surface area contributed by atoms with Crippen LogP contribution in [0.1, 0.15) is 12.0 Å². The van der Waals surface area contributed by atoms with Gasteiger partial charge in [-0.25, -0.2) is 8.42 Å². The minimum Gasteiger partial charge on any atom is -0.494 e. The summed E-state index contributed by atoms with van der Waals surface area (Å²) in [6, 6.07) is 14.3. The third-order valence-electron chi connectivity index (χ3n) is 3.08. The highest BCUT2D eigenvalue weighted by Crippen LogP contribution is 2.16. The Labute approximate surface area is 125 Å². The van der Waals surface area contributed by atoms with E-state index in [0.29, 0.717) is 17.3 Å². The van der Waals surface area contributed by atoms with E-state index in [0.717, 1.165) is 18.5 Å². The maximum absolute atomic E-state index is 11.3. The number of nitrogen functional groups attached to an aromatic ring is 1. The molecule has 21 heavy (non-hydrogen) atoms. The first-order valence-corrected chi connectivity index (χ1v) is 8.61. The van der Waals surface area contributed by atoms with E-state index >= 15 is 0 Å². The largest absolute Gasteiger partial charge is 0.494 e. The van der Waals surface area contributed by atoms with Crippen molar-refractivity contribution in [3.05, 3.63) is 54.1 Å². The minimum absolute atomic E-state index is 0.301. The van der Waals surface area contributed by atoms with Gasteiger partial charge in [-0.05, 0) is 54.8 Å². The summed E-state index contributed by atoms with van der Waals surface area (Å²) in [5.74, 6) is 0.676. The van der Waals surface area contributed by atoms with Crippen LogP contribution in [0.3, 0.4) is 0 Å². The molecule has 0 bridgehead atoms. The molecule has 4 nitrogen and oxygen atoms in total. The SMILES string of the molecule is CS(=O)(=O)c1ccc(OCCCc2cccc(N)c2)cc1. The Kier molecular flexibility index (Phi) is 4.85. The number of ether oxygens (including phenoxy) is 1. The second-order valence-electron chi connectivity index (χ2n) is 4.94. The van der Waals surface area contributed by atoms with Crippen molar-refractivity contribution in [1.82, 2.24) is 0 Å². The van der Waals surface area contributed by atoms with Crippen molar-refractivity contribution in [3.8, 4) is 5.75 Å². The predicted molar refractivity (Wildman–Crippen MR) is 84.2 cm³/mol. The molecule has 0 atom stereocenters. The fraction of sp³-hybridized carbons (Fsp3) is 0.250. The molecule has 0 spiro atoms. The molecule has 0 saturated carbocycles. The third-order valence-corrected chi connectivity index (χ3v) is 4.21. The van der Waals surface area contributed by atoms with Crippen LogP contribution in [-0.4, -0.2) is 21.3 Å². The van der Waals surface area contributed by atoms with E-state index in [1.807, 2.05) is 24.3 Å². The molecular weight excluding hydrogens is 286 g/mol. The Morgan fingerprint density at radius 2 is 1.81 bits per heavy atom. The molecular formula is C16H19NO3S. The summed E-state index contributed by atoms with van der Waals surface area (Å²) in [5.41, 5.74) is 7.68. The van der Waals surface area contributed by atoms with Gasteiger partial charge in [0.15, 0.2) is 9.84 Å². The van der Waals surface area contributed by atoms with E-state index < -0.39 is 9.84 Å². The molecule has 0 aliphatic carbocycles. The van der Waals surface area contributed by atoms with Gasteiger partial charge in [0.2, 0.25) is 0 Å². The van der Waals surface area contributed by atoms with Gasteiger partial charge >= 0.3 is 0 Å². The van der Waals surface area contributed by atoms with E-state index in [1.165, 1.54) is 11.8 Å². The zero-order valence-corrected chi connectivity index (χ0v) is 12.8. The zero-order chi connectivity index (χ0) is 15.3. The summed E-state index contributed by atoms with van der Waals surface area (Å²) >= 11 is 0. The van der Waals surface area contributed by atoms with Crippen LogP contribution in [-0.2, 0) is 16.3 Å². The number of hydrogen-bond donors (Lipinski definition) is 1. The van der Waals surface area contributed by atoms with Gasteiger partial charge < -0.3 is 10.5 Å². The second kappa shape index (κ2) is 6.63. The molecule has 0 unspecified atom stereocenters. The van der Waals surface area contributed by atoms with E-state index in [9.17, 15) is 8.42 Å². The van der Waals surface area contributed by atoms with E-state index in [4.69, 9.17) is 10.5 Å². The zero-order valence-electron chi connectivity index (χ0n) is 12.0. The molecule has 2 rings (SSSR count). The van der Waals surface area contributed by atoms with Gasteiger partial charge in [-0.15, -0.1) is 0 Å². The van der Waals surface area contributed by atoms with Gasteiger partial charge in [0.25, 0.3) is 0 Å². The highest BCUT2D eigenvalue weighted by atomic mass is 32.2. The highest BCUT2D eigenvalue weighted by molar-refractivity contribution is 7.90. The monoisotopic (exact) mass is 305 g/mol.